The molecule has 0 radical (unpaired) electrons. The monoisotopic (exact) mass is 398 g/mol. The molecule has 2 rings (SSSR count). The number of fused-ring (bicyclic) bond motifs is 1. The molecule has 0 saturated carbocycles. The number of hydrogen-bond acceptors (Lipinski definition) is 0. The molecule has 1 aliphatic carbocycles. The Kier molecular flexibility index (Phi) is 3.67. The largest absolute Gasteiger partial charge is 0.432 e. The normalized spacial score (nSPS) is 29.0. The van der Waals surface area contributed by atoms with Gasteiger partial charge in [0.25, 0.3) is 5.67 Å². The Morgan fingerprint density at radius 1 is 0.520 bits per heavy atom. The van der Waals surface area contributed by atoms with Crippen molar-refractivity contribution in [2.24, 2.45) is 0 Å². The number of rotatable bonds is 0. The van der Waals surface area contributed by atoms with Gasteiger partial charge in [-0.3, -0.25) is 0 Å². The van der Waals surface area contributed by atoms with Crippen molar-refractivity contribution in [2.75, 3.05) is 0 Å². The molecular formula is C11F14. The molecule has 0 N–H and O–H groups in total. The summed E-state index contributed by atoms with van der Waals surface area (Å²) in [5.41, 5.74) is -21.5. The molecule has 0 amide bonds. The van der Waals surface area contributed by atoms with E-state index >= 15 is 0 Å². The summed E-state index contributed by atoms with van der Waals surface area (Å²) < 4.78 is 185. The van der Waals surface area contributed by atoms with Crippen LogP contribution >= 0.6 is 0 Å². The summed E-state index contributed by atoms with van der Waals surface area (Å²) in [6.07, 6.45) is -14.7. The van der Waals surface area contributed by atoms with E-state index in [-0.39, 0.29) is 0 Å². The Balaban J connectivity index is 3.20. The van der Waals surface area contributed by atoms with Gasteiger partial charge in [-0.15, -0.1) is 0 Å². The first-order valence-electron chi connectivity index (χ1n) is 5.65. The van der Waals surface area contributed by atoms with Gasteiger partial charge in [-0.05, 0) is 0 Å². The SMILES string of the molecule is Fc1c(F)c(F)c2c(c1F)C(F)(F)C(F)(C(F)(F)F)C2(F)C(F)(F)F. The summed E-state index contributed by atoms with van der Waals surface area (Å²) in [6.45, 7) is 0. The molecule has 0 aromatic heterocycles. The fourth-order valence-electron chi connectivity index (χ4n) is 2.52. The average Bonchev–Trinajstić information content (AvgIpc) is 2.58. The second-order valence-electron chi connectivity index (χ2n) is 4.89. The third-order valence-corrected chi connectivity index (χ3v) is 3.61. The summed E-state index contributed by atoms with van der Waals surface area (Å²) in [5, 5.41) is 0. The number of hydrogen-bond donors (Lipinski definition) is 0. The number of benzene rings is 1. The van der Waals surface area contributed by atoms with Crippen molar-refractivity contribution < 1.29 is 61.5 Å². The van der Waals surface area contributed by atoms with Crippen LogP contribution in [0.4, 0.5) is 61.5 Å². The van der Waals surface area contributed by atoms with E-state index in [4.69, 9.17) is 0 Å². The first-order valence-corrected chi connectivity index (χ1v) is 5.65. The molecule has 0 nitrogen and oxygen atoms in total. The molecule has 0 aliphatic heterocycles. The van der Waals surface area contributed by atoms with Crippen molar-refractivity contribution in [3.8, 4) is 0 Å². The maximum Gasteiger partial charge on any atom is 0.432 e. The lowest BCUT2D eigenvalue weighted by molar-refractivity contribution is -0.388. The van der Waals surface area contributed by atoms with Crippen LogP contribution in [-0.4, -0.2) is 18.0 Å². The predicted octanol–water partition coefficient (Wildman–Crippen LogP) is 5.35. The van der Waals surface area contributed by atoms with E-state index in [1.165, 1.54) is 0 Å². The van der Waals surface area contributed by atoms with Crippen LogP contribution in [0, 0.1) is 23.3 Å². The van der Waals surface area contributed by atoms with Crippen molar-refractivity contribution in [1.82, 2.24) is 0 Å². The Morgan fingerprint density at radius 3 is 1.20 bits per heavy atom. The Labute approximate surface area is 127 Å². The van der Waals surface area contributed by atoms with Crippen LogP contribution in [0.2, 0.25) is 0 Å². The minimum absolute atomic E-state index is 3.27. The lowest BCUT2D eigenvalue weighted by Crippen LogP contribution is -2.65. The predicted molar refractivity (Wildman–Crippen MR) is 48.9 cm³/mol. The van der Waals surface area contributed by atoms with Crippen molar-refractivity contribution >= 4 is 0 Å². The van der Waals surface area contributed by atoms with E-state index in [0.717, 1.165) is 0 Å². The second-order valence-corrected chi connectivity index (χ2v) is 4.89. The van der Waals surface area contributed by atoms with Crippen LogP contribution in [0.15, 0.2) is 0 Å². The molecule has 142 valence electrons. The zero-order chi connectivity index (χ0) is 20.0. The van der Waals surface area contributed by atoms with Gasteiger partial charge in [0.05, 0.1) is 11.1 Å². The van der Waals surface area contributed by atoms with E-state index in [1.807, 2.05) is 0 Å². The summed E-state index contributed by atoms with van der Waals surface area (Å²) in [7, 11) is 0. The highest BCUT2D eigenvalue weighted by atomic mass is 19.4. The van der Waals surface area contributed by atoms with Crippen LogP contribution in [0.25, 0.3) is 0 Å². The summed E-state index contributed by atoms with van der Waals surface area (Å²) in [4.78, 5) is 0. The standard InChI is InChI=1S/C11F14/c12-3-1-2(4(13)6(15)5(3)14)8(17,18)9(19,11(23,24)25)7(1,16)10(20,21)22. The zero-order valence-electron chi connectivity index (χ0n) is 10.8. The molecule has 2 unspecified atom stereocenters. The highest BCUT2D eigenvalue weighted by Gasteiger charge is 2.94. The van der Waals surface area contributed by atoms with E-state index in [1.54, 1.807) is 0 Å². The summed E-state index contributed by atoms with van der Waals surface area (Å²) in [6, 6.07) is 0. The van der Waals surface area contributed by atoms with Crippen molar-refractivity contribution in [1.29, 1.82) is 0 Å². The van der Waals surface area contributed by atoms with Gasteiger partial charge in [0.2, 0.25) is 0 Å². The van der Waals surface area contributed by atoms with Gasteiger partial charge >= 0.3 is 23.9 Å². The molecule has 0 fully saturated rings. The van der Waals surface area contributed by atoms with Crippen LogP contribution < -0.4 is 0 Å². The highest BCUT2D eigenvalue weighted by molar-refractivity contribution is 5.52. The van der Waals surface area contributed by atoms with Gasteiger partial charge in [0.1, 0.15) is 0 Å². The molecule has 0 bridgehead atoms. The first kappa shape index (κ1) is 19.6. The van der Waals surface area contributed by atoms with Crippen LogP contribution in [-0.2, 0) is 11.6 Å². The van der Waals surface area contributed by atoms with Gasteiger partial charge in [-0.1, -0.05) is 0 Å². The average molecular weight is 398 g/mol. The quantitative estimate of drug-likeness (QED) is 0.314. The van der Waals surface area contributed by atoms with Gasteiger partial charge in [-0.25, -0.2) is 26.3 Å². The molecule has 0 saturated heterocycles. The first-order chi connectivity index (χ1) is 10.9. The van der Waals surface area contributed by atoms with Gasteiger partial charge < -0.3 is 0 Å². The molecule has 14 heteroatoms. The van der Waals surface area contributed by atoms with Gasteiger partial charge in [0.15, 0.2) is 23.3 Å². The third-order valence-electron chi connectivity index (χ3n) is 3.61. The van der Waals surface area contributed by atoms with E-state index in [2.05, 4.69) is 0 Å². The van der Waals surface area contributed by atoms with E-state index < -0.39 is 64.0 Å². The fourth-order valence-corrected chi connectivity index (χ4v) is 2.52. The fraction of sp³-hybridized carbons (Fsp3) is 0.455. The van der Waals surface area contributed by atoms with Gasteiger partial charge in [0, 0.05) is 0 Å². The highest BCUT2D eigenvalue weighted by Crippen LogP contribution is 2.71. The number of alkyl halides is 10. The minimum Gasteiger partial charge on any atom is -0.224 e. The molecule has 1 aromatic rings. The minimum atomic E-state index is -7.40. The number of halogens is 14. The Hall–Kier alpha value is -1.76. The van der Waals surface area contributed by atoms with E-state index in [9.17, 15) is 61.5 Å². The van der Waals surface area contributed by atoms with E-state index in [0.29, 0.717) is 0 Å². The Bertz CT molecular complexity index is 743. The van der Waals surface area contributed by atoms with Crippen molar-refractivity contribution in [3.63, 3.8) is 0 Å². The summed E-state index contributed by atoms with van der Waals surface area (Å²) in [5.74, 6) is -20.5. The van der Waals surface area contributed by atoms with Crippen molar-refractivity contribution in [3.05, 3.63) is 34.4 Å². The smallest absolute Gasteiger partial charge is 0.224 e. The van der Waals surface area contributed by atoms with Crippen LogP contribution in [0.3, 0.4) is 0 Å². The maximum atomic E-state index is 14.2. The molecule has 1 aromatic carbocycles. The van der Waals surface area contributed by atoms with Crippen LogP contribution in [0.5, 0.6) is 0 Å². The lowest BCUT2D eigenvalue weighted by Gasteiger charge is -2.38. The second kappa shape index (κ2) is 4.69. The molecular weight excluding hydrogens is 398 g/mol. The lowest BCUT2D eigenvalue weighted by atomic mass is 9.83. The zero-order valence-corrected chi connectivity index (χ0v) is 10.8. The van der Waals surface area contributed by atoms with Crippen molar-refractivity contribution in [2.45, 2.75) is 29.6 Å². The molecule has 2 atom stereocenters. The molecule has 25 heavy (non-hydrogen) atoms. The van der Waals surface area contributed by atoms with Gasteiger partial charge in [-0.2, -0.15) is 35.1 Å². The van der Waals surface area contributed by atoms with Crippen LogP contribution in [0.1, 0.15) is 11.1 Å². The molecule has 1 aliphatic rings. The topological polar surface area (TPSA) is 0 Å². The summed E-state index contributed by atoms with van der Waals surface area (Å²) >= 11 is 0. The third kappa shape index (κ3) is 1.85. The molecule has 0 spiro atoms. The molecule has 0 heterocycles. The Morgan fingerprint density at radius 2 is 0.880 bits per heavy atom. The maximum absolute atomic E-state index is 14.2.